The first-order valence-electron chi connectivity index (χ1n) is 9.29. The van der Waals surface area contributed by atoms with Crippen molar-refractivity contribution in [2.75, 3.05) is 6.61 Å². The monoisotopic (exact) mass is 415 g/mol. The average molecular weight is 416 g/mol. The van der Waals surface area contributed by atoms with Crippen LogP contribution in [-0.4, -0.2) is 27.5 Å². The van der Waals surface area contributed by atoms with E-state index in [9.17, 15) is 0 Å². The van der Waals surface area contributed by atoms with Gasteiger partial charge in [0.15, 0.2) is 5.16 Å². The van der Waals surface area contributed by atoms with Crippen LogP contribution in [0.4, 0.5) is 0 Å². The van der Waals surface area contributed by atoms with Gasteiger partial charge in [0.1, 0.15) is 23.9 Å². The summed E-state index contributed by atoms with van der Waals surface area (Å²) < 4.78 is 13.8. The van der Waals surface area contributed by atoms with Crippen molar-refractivity contribution in [3.8, 4) is 17.2 Å². The predicted molar refractivity (Wildman–Crippen MR) is 112 cm³/mol. The van der Waals surface area contributed by atoms with Crippen LogP contribution in [-0.2, 0) is 12.2 Å². The van der Waals surface area contributed by atoms with Gasteiger partial charge in [-0.2, -0.15) is 0 Å². The first-order chi connectivity index (χ1) is 13.5. The van der Waals surface area contributed by atoms with Crippen LogP contribution >= 0.6 is 23.4 Å². The van der Waals surface area contributed by atoms with Crippen LogP contribution in [0, 0.1) is 6.92 Å². The minimum Gasteiger partial charge on any atom is -0.494 e. The van der Waals surface area contributed by atoms with Gasteiger partial charge in [-0.25, -0.2) is 0 Å². The van der Waals surface area contributed by atoms with E-state index in [4.69, 9.17) is 21.1 Å². The van der Waals surface area contributed by atoms with Crippen LogP contribution in [0.1, 0.15) is 30.5 Å². The average Bonchev–Trinajstić information content (AvgIpc) is 3.27. The molecule has 1 aliphatic rings. The summed E-state index contributed by atoms with van der Waals surface area (Å²) in [5.74, 6) is 2.58. The van der Waals surface area contributed by atoms with Gasteiger partial charge < -0.3 is 9.47 Å². The van der Waals surface area contributed by atoms with Gasteiger partial charge in [0.25, 0.3) is 0 Å². The van der Waals surface area contributed by atoms with E-state index < -0.39 is 0 Å². The topological polar surface area (TPSA) is 49.2 Å². The SMILES string of the molecule is CCOc1cc2c(cc1CSc1nncn1-c1ccc(C)c(Cl)c1)OC(C)C2. The van der Waals surface area contributed by atoms with Crippen molar-refractivity contribution in [3.05, 3.63) is 58.4 Å². The number of hydrogen-bond donors (Lipinski definition) is 0. The maximum atomic E-state index is 6.29. The van der Waals surface area contributed by atoms with Crippen molar-refractivity contribution in [2.45, 2.75) is 44.2 Å². The Hall–Kier alpha value is -2.18. The lowest BCUT2D eigenvalue weighted by atomic mass is 10.1. The third-order valence-electron chi connectivity index (χ3n) is 4.69. The zero-order chi connectivity index (χ0) is 19.7. The number of benzene rings is 2. The lowest BCUT2D eigenvalue weighted by Crippen LogP contribution is -2.05. The number of fused-ring (bicyclic) bond motifs is 1. The van der Waals surface area contributed by atoms with Gasteiger partial charge in [0, 0.05) is 28.3 Å². The molecule has 0 radical (unpaired) electrons. The largest absolute Gasteiger partial charge is 0.494 e. The molecule has 0 spiro atoms. The second-order valence-electron chi connectivity index (χ2n) is 6.84. The van der Waals surface area contributed by atoms with Crippen LogP contribution in [0.3, 0.4) is 0 Å². The number of ether oxygens (including phenoxy) is 2. The van der Waals surface area contributed by atoms with Crippen LogP contribution < -0.4 is 9.47 Å². The Balaban J connectivity index is 1.58. The highest BCUT2D eigenvalue weighted by molar-refractivity contribution is 7.98. The molecule has 1 aliphatic heterocycles. The van der Waals surface area contributed by atoms with Gasteiger partial charge in [-0.05, 0) is 50.6 Å². The van der Waals surface area contributed by atoms with E-state index in [-0.39, 0.29) is 6.10 Å². The number of aryl methyl sites for hydroxylation is 1. The number of halogens is 1. The molecule has 2 aromatic carbocycles. The van der Waals surface area contributed by atoms with Crippen LogP contribution in [0.2, 0.25) is 5.02 Å². The maximum Gasteiger partial charge on any atom is 0.195 e. The molecule has 2 heterocycles. The molecular formula is C21H22ClN3O2S. The predicted octanol–water partition coefficient (Wildman–Crippen LogP) is 5.24. The molecule has 146 valence electrons. The lowest BCUT2D eigenvalue weighted by molar-refractivity contribution is 0.254. The quantitative estimate of drug-likeness (QED) is 0.515. The second kappa shape index (κ2) is 8.05. The number of rotatable bonds is 6. The summed E-state index contributed by atoms with van der Waals surface area (Å²) in [6, 6.07) is 10.2. The number of hydrogen-bond acceptors (Lipinski definition) is 5. The first kappa shape index (κ1) is 19.2. The smallest absolute Gasteiger partial charge is 0.195 e. The second-order valence-corrected chi connectivity index (χ2v) is 8.19. The molecule has 0 amide bonds. The van der Waals surface area contributed by atoms with Gasteiger partial charge in [0.05, 0.1) is 12.3 Å². The van der Waals surface area contributed by atoms with Crippen molar-refractivity contribution in [1.82, 2.24) is 14.8 Å². The molecule has 1 unspecified atom stereocenters. The summed E-state index contributed by atoms with van der Waals surface area (Å²) in [6.07, 6.45) is 2.84. The summed E-state index contributed by atoms with van der Waals surface area (Å²) >= 11 is 7.89. The molecule has 3 aromatic rings. The van der Waals surface area contributed by atoms with Gasteiger partial charge in [-0.15, -0.1) is 10.2 Å². The molecule has 0 saturated carbocycles. The third-order valence-corrected chi connectivity index (χ3v) is 6.08. The van der Waals surface area contributed by atoms with Crippen LogP contribution in [0.25, 0.3) is 5.69 Å². The molecule has 0 fully saturated rings. The van der Waals surface area contributed by atoms with Crippen molar-refractivity contribution in [1.29, 1.82) is 0 Å². The Bertz CT molecular complexity index is 1010. The van der Waals surface area contributed by atoms with Gasteiger partial charge in [-0.1, -0.05) is 29.4 Å². The van der Waals surface area contributed by atoms with E-state index in [0.717, 1.165) is 44.9 Å². The molecule has 7 heteroatoms. The Morgan fingerprint density at radius 1 is 1.32 bits per heavy atom. The summed E-state index contributed by atoms with van der Waals surface area (Å²) in [4.78, 5) is 0. The highest BCUT2D eigenvalue weighted by Crippen LogP contribution is 2.37. The number of aromatic nitrogens is 3. The van der Waals surface area contributed by atoms with Crippen LogP contribution in [0.5, 0.6) is 11.5 Å². The van der Waals surface area contributed by atoms with E-state index in [0.29, 0.717) is 12.4 Å². The van der Waals surface area contributed by atoms with Crippen molar-refractivity contribution >= 4 is 23.4 Å². The molecule has 0 aliphatic carbocycles. The van der Waals surface area contributed by atoms with Crippen molar-refractivity contribution < 1.29 is 9.47 Å². The molecule has 1 aromatic heterocycles. The van der Waals surface area contributed by atoms with E-state index in [2.05, 4.69) is 29.3 Å². The van der Waals surface area contributed by atoms with Crippen molar-refractivity contribution in [2.24, 2.45) is 0 Å². The number of thioether (sulfide) groups is 1. The van der Waals surface area contributed by atoms with E-state index >= 15 is 0 Å². The minimum atomic E-state index is 0.210. The molecule has 0 saturated heterocycles. The third kappa shape index (κ3) is 3.84. The standard InChI is InChI=1S/C21H22ClN3O2S/c1-4-26-19-8-15-7-14(3)27-20(15)9-16(19)11-28-21-24-23-12-25(21)17-6-5-13(2)18(22)10-17/h5-6,8-10,12,14H,4,7,11H2,1-3H3. The Morgan fingerprint density at radius 2 is 2.18 bits per heavy atom. The van der Waals surface area contributed by atoms with Gasteiger partial charge in [0.2, 0.25) is 0 Å². The molecule has 0 N–H and O–H groups in total. The summed E-state index contributed by atoms with van der Waals surface area (Å²) in [7, 11) is 0. The fourth-order valence-corrected chi connectivity index (χ4v) is 4.34. The highest BCUT2D eigenvalue weighted by atomic mass is 35.5. The van der Waals surface area contributed by atoms with E-state index in [1.54, 1.807) is 18.1 Å². The Kier molecular flexibility index (Phi) is 5.51. The molecular weight excluding hydrogens is 394 g/mol. The van der Waals surface area contributed by atoms with Crippen molar-refractivity contribution in [3.63, 3.8) is 0 Å². The molecule has 0 bridgehead atoms. The highest BCUT2D eigenvalue weighted by Gasteiger charge is 2.22. The summed E-state index contributed by atoms with van der Waals surface area (Å²) in [6.45, 7) is 6.70. The van der Waals surface area contributed by atoms with E-state index in [1.165, 1.54) is 5.56 Å². The summed E-state index contributed by atoms with van der Waals surface area (Å²) in [5.41, 5.74) is 4.29. The minimum absolute atomic E-state index is 0.210. The number of nitrogens with zero attached hydrogens (tertiary/aromatic N) is 3. The van der Waals surface area contributed by atoms with E-state index in [1.807, 2.05) is 36.6 Å². The van der Waals surface area contributed by atoms with Crippen LogP contribution in [0.15, 0.2) is 41.8 Å². The van der Waals surface area contributed by atoms with Gasteiger partial charge in [-0.3, -0.25) is 4.57 Å². The molecule has 28 heavy (non-hydrogen) atoms. The lowest BCUT2D eigenvalue weighted by Gasteiger charge is -2.13. The first-order valence-corrected chi connectivity index (χ1v) is 10.7. The Morgan fingerprint density at radius 3 is 2.96 bits per heavy atom. The molecule has 5 nitrogen and oxygen atoms in total. The summed E-state index contributed by atoms with van der Waals surface area (Å²) in [5, 5.41) is 9.89. The Labute approximate surface area is 174 Å². The van der Waals surface area contributed by atoms with Gasteiger partial charge >= 0.3 is 0 Å². The molecule has 4 rings (SSSR count). The zero-order valence-electron chi connectivity index (χ0n) is 16.1. The normalized spacial score (nSPS) is 15.4. The molecule has 1 atom stereocenters. The fourth-order valence-electron chi connectivity index (χ4n) is 3.26. The zero-order valence-corrected chi connectivity index (χ0v) is 17.7. The fraction of sp³-hybridized carbons (Fsp3) is 0.333. The maximum absolute atomic E-state index is 6.29.